The number of alkyl halides is 6. The molecule has 0 spiro atoms. The Morgan fingerprint density at radius 1 is 0.938 bits per heavy atom. The van der Waals surface area contributed by atoms with Gasteiger partial charge in [-0.3, -0.25) is 0 Å². The van der Waals surface area contributed by atoms with E-state index in [1.807, 2.05) is 13.0 Å². The molecule has 0 radical (unpaired) electrons. The second-order valence-corrected chi connectivity index (χ2v) is 13.7. The Morgan fingerprint density at radius 2 is 1.58 bits per heavy atom. The number of hydrogen-bond acceptors (Lipinski definition) is 6. The second kappa shape index (κ2) is 17.1. The number of ether oxygens (including phenoxy) is 2. The van der Waals surface area contributed by atoms with Crippen LogP contribution in [0, 0.1) is 6.92 Å². The first-order valence-electron chi connectivity index (χ1n) is 15.8. The van der Waals surface area contributed by atoms with Crippen molar-refractivity contribution < 1.29 is 35.8 Å². The third-order valence-electron chi connectivity index (χ3n) is 7.74. The Hall–Kier alpha value is -2.93. The van der Waals surface area contributed by atoms with Gasteiger partial charge in [-0.25, -0.2) is 0 Å². The van der Waals surface area contributed by atoms with Crippen molar-refractivity contribution in [3.63, 3.8) is 0 Å². The number of allylic oxidation sites excluding steroid dienone is 9. The Bertz CT molecular complexity index is 1560. The smallest absolute Gasteiger partial charge is 0.380 e. The lowest BCUT2D eigenvalue weighted by Crippen LogP contribution is -2.49. The zero-order valence-electron chi connectivity index (χ0n) is 27.9. The third kappa shape index (κ3) is 8.61. The third-order valence-corrected chi connectivity index (χ3v) is 9.99. The van der Waals surface area contributed by atoms with Crippen molar-refractivity contribution in [3.8, 4) is 16.2 Å². The van der Waals surface area contributed by atoms with Gasteiger partial charge in [-0.05, 0) is 124 Å². The van der Waals surface area contributed by atoms with Crippen molar-refractivity contribution in [3.05, 3.63) is 92.5 Å². The minimum atomic E-state index is -5.63. The molecule has 0 amide bonds. The average molecular weight is 715 g/mol. The second-order valence-electron chi connectivity index (χ2n) is 11.3. The van der Waals surface area contributed by atoms with E-state index in [2.05, 4.69) is 0 Å². The van der Waals surface area contributed by atoms with E-state index in [0.29, 0.717) is 61.1 Å². The molecule has 1 aromatic carbocycles. The minimum absolute atomic E-state index is 0.155. The SMILES string of the molecule is C\C=C/C(=C\C=C(/C)OCCCN)CS/C(C)=C(\CC)C1=C(c2cc(-c3ccc(OCCCN)cc3)sc2C)C(F)(F)C(F)(F)C1(F)F. The lowest BCUT2D eigenvalue weighted by atomic mass is 9.93. The van der Waals surface area contributed by atoms with Crippen LogP contribution >= 0.6 is 23.1 Å². The van der Waals surface area contributed by atoms with Crippen molar-refractivity contribution in [2.75, 3.05) is 32.1 Å². The molecule has 48 heavy (non-hydrogen) atoms. The van der Waals surface area contributed by atoms with Gasteiger partial charge in [0, 0.05) is 26.7 Å². The monoisotopic (exact) mass is 714 g/mol. The van der Waals surface area contributed by atoms with Crippen molar-refractivity contribution >= 4 is 28.7 Å². The van der Waals surface area contributed by atoms with Crippen LogP contribution < -0.4 is 16.2 Å². The summed E-state index contributed by atoms with van der Waals surface area (Å²) in [4.78, 5) is 0.956. The highest BCUT2D eigenvalue weighted by Gasteiger charge is 2.80. The van der Waals surface area contributed by atoms with Gasteiger partial charge in [0.15, 0.2) is 0 Å². The number of thioether (sulfide) groups is 1. The highest BCUT2D eigenvalue weighted by molar-refractivity contribution is 8.03. The maximum Gasteiger partial charge on any atom is 0.380 e. The van der Waals surface area contributed by atoms with Crippen molar-refractivity contribution in [2.45, 2.75) is 71.6 Å². The summed E-state index contributed by atoms with van der Waals surface area (Å²) in [5, 5.41) is 0. The molecular weight excluding hydrogens is 671 g/mol. The lowest BCUT2D eigenvalue weighted by molar-refractivity contribution is -0.259. The molecule has 1 aromatic heterocycles. The van der Waals surface area contributed by atoms with Gasteiger partial charge in [0.25, 0.3) is 0 Å². The van der Waals surface area contributed by atoms with E-state index in [0.717, 1.165) is 28.7 Å². The molecule has 264 valence electrons. The first-order valence-corrected chi connectivity index (χ1v) is 17.6. The van der Waals surface area contributed by atoms with E-state index < -0.39 is 28.9 Å². The molecule has 0 saturated carbocycles. The molecule has 0 atom stereocenters. The Morgan fingerprint density at radius 3 is 2.19 bits per heavy atom. The standard InChI is InChI=1S/C36H44F6N2O2S2/c1-6-10-26(12-11-23(3)45-19-8-17-43)22-47-24(4)29(7-2)32-33(35(39,40)36(41,42)34(32,37)38)30-21-31(48-25(30)5)27-13-15-28(16-14-27)46-20-9-18-44/h6,10-16,21H,7-9,17-20,22,43-44H2,1-5H3/b10-6-,23-11+,26-12+,29-24+. The molecule has 4 N–H and O–H groups in total. The summed E-state index contributed by atoms with van der Waals surface area (Å²) in [6, 6.07) is 8.10. The average Bonchev–Trinajstić information content (AvgIpc) is 3.46. The molecule has 0 saturated heterocycles. The van der Waals surface area contributed by atoms with E-state index in [9.17, 15) is 0 Å². The summed E-state index contributed by atoms with van der Waals surface area (Å²) in [5.74, 6) is -14.4. The highest BCUT2D eigenvalue weighted by atomic mass is 32.2. The lowest BCUT2D eigenvalue weighted by Gasteiger charge is -2.26. The van der Waals surface area contributed by atoms with Crippen LogP contribution in [-0.4, -0.2) is 49.8 Å². The van der Waals surface area contributed by atoms with Gasteiger partial charge >= 0.3 is 17.8 Å². The van der Waals surface area contributed by atoms with Crippen molar-refractivity contribution in [2.24, 2.45) is 11.5 Å². The van der Waals surface area contributed by atoms with E-state index in [1.54, 1.807) is 49.4 Å². The molecule has 0 aliphatic heterocycles. The zero-order chi connectivity index (χ0) is 35.7. The molecule has 1 aliphatic rings. The molecule has 1 aliphatic carbocycles. The van der Waals surface area contributed by atoms with Crippen LogP contribution in [0.4, 0.5) is 26.3 Å². The first kappa shape index (κ1) is 39.5. The predicted molar refractivity (Wildman–Crippen MR) is 187 cm³/mol. The van der Waals surface area contributed by atoms with Crippen LogP contribution in [0.3, 0.4) is 0 Å². The number of rotatable bonds is 17. The molecule has 1 heterocycles. The van der Waals surface area contributed by atoms with Gasteiger partial charge in [-0.1, -0.05) is 25.2 Å². The quantitative estimate of drug-likeness (QED) is 0.0739. The molecule has 0 bridgehead atoms. The van der Waals surface area contributed by atoms with Crippen LogP contribution in [0.1, 0.15) is 57.4 Å². The van der Waals surface area contributed by atoms with E-state index in [-0.39, 0.29) is 33.1 Å². The van der Waals surface area contributed by atoms with Crippen LogP contribution in [0.15, 0.2) is 82.0 Å². The Balaban J connectivity index is 2.08. The number of halogens is 6. The normalized spacial score (nSPS) is 18.1. The number of aryl methyl sites for hydroxylation is 1. The van der Waals surface area contributed by atoms with Gasteiger partial charge in [0.2, 0.25) is 0 Å². The number of hydrogen-bond donors (Lipinski definition) is 2. The van der Waals surface area contributed by atoms with E-state index in [1.165, 1.54) is 26.8 Å². The van der Waals surface area contributed by atoms with Crippen LogP contribution in [-0.2, 0) is 4.74 Å². The van der Waals surface area contributed by atoms with Crippen molar-refractivity contribution in [1.29, 1.82) is 0 Å². The van der Waals surface area contributed by atoms with Crippen LogP contribution in [0.2, 0.25) is 0 Å². The fraction of sp³-hybridized carbons (Fsp3) is 0.444. The molecule has 4 nitrogen and oxygen atoms in total. The fourth-order valence-electron chi connectivity index (χ4n) is 5.17. The predicted octanol–water partition coefficient (Wildman–Crippen LogP) is 10.3. The zero-order valence-corrected chi connectivity index (χ0v) is 29.5. The summed E-state index contributed by atoms with van der Waals surface area (Å²) < 4.78 is 104. The van der Waals surface area contributed by atoms with Crippen molar-refractivity contribution in [1.82, 2.24) is 0 Å². The number of benzene rings is 1. The largest absolute Gasteiger partial charge is 0.498 e. The minimum Gasteiger partial charge on any atom is -0.498 e. The summed E-state index contributed by atoms with van der Waals surface area (Å²) in [7, 11) is 0. The molecular formula is C36H44F6N2O2S2. The molecule has 3 rings (SSSR count). The summed E-state index contributed by atoms with van der Waals surface area (Å²) in [5.41, 5.74) is 9.22. The molecule has 2 aromatic rings. The summed E-state index contributed by atoms with van der Waals surface area (Å²) in [6.07, 6.45) is 8.39. The molecule has 12 heteroatoms. The fourth-order valence-corrected chi connectivity index (χ4v) is 7.19. The Labute approximate surface area is 287 Å². The summed E-state index contributed by atoms with van der Waals surface area (Å²) >= 11 is 2.20. The van der Waals surface area contributed by atoms with Gasteiger partial charge in [0.05, 0.1) is 19.0 Å². The highest BCUT2D eigenvalue weighted by Crippen LogP contribution is 2.65. The van der Waals surface area contributed by atoms with Gasteiger partial charge in [-0.15, -0.1) is 23.1 Å². The first-order chi connectivity index (χ1) is 22.7. The molecule has 0 fully saturated rings. The number of nitrogens with two attached hydrogens (primary N) is 2. The van der Waals surface area contributed by atoms with Gasteiger partial charge in [-0.2, -0.15) is 26.3 Å². The maximum absolute atomic E-state index is 15.7. The number of thiophene rings is 1. The van der Waals surface area contributed by atoms with Gasteiger partial charge in [0.1, 0.15) is 5.75 Å². The van der Waals surface area contributed by atoms with Crippen LogP contribution in [0.5, 0.6) is 5.75 Å². The van der Waals surface area contributed by atoms with E-state index >= 15 is 26.3 Å². The topological polar surface area (TPSA) is 70.5 Å². The molecule has 0 unspecified atom stereocenters. The van der Waals surface area contributed by atoms with Crippen LogP contribution in [0.25, 0.3) is 16.0 Å². The van der Waals surface area contributed by atoms with E-state index in [4.69, 9.17) is 20.9 Å². The summed E-state index contributed by atoms with van der Waals surface area (Å²) in [6.45, 7) is 9.95. The van der Waals surface area contributed by atoms with Gasteiger partial charge < -0.3 is 20.9 Å². The maximum atomic E-state index is 15.7. The Kier molecular flexibility index (Phi) is 14.1.